The fourth-order valence-electron chi connectivity index (χ4n) is 0.816. The van der Waals surface area contributed by atoms with Gasteiger partial charge in [-0.25, -0.2) is 0 Å². The molecule has 2 aliphatic rings. The number of nitrogens with zero attached hydrogens (tertiary/aromatic N) is 1. The smallest absolute Gasteiger partial charge is 0.209 e. The number of hydrogen-bond acceptors (Lipinski definition) is 3. The van der Waals surface area contributed by atoms with Gasteiger partial charge in [0.05, 0.1) is 0 Å². The lowest BCUT2D eigenvalue weighted by Crippen LogP contribution is -2.01. The van der Waals surface area contributed by atoms with Crippen LogP contribution in [0.5, 0.6) is 0 Å². The highest BCUT2D eigenvalue weighted by molar-refractivity contribution is 5.52. The Morgan fingerprint density at radius 3 is 3.20 bits per heavy atom. The second kappa shape index (κ2) is 1.70. The van der Waals surface area contributed by atoms with Gasteiger partial charge >= 0.3 is 0 Å². The Kier molecular flexibility index (Phi) is 0.887. The predicted molar refractivity (Wildman–Crippen MR) is 33.7 cm³/mol. The second-order valence-electron chi connectivity index (χ2n) is 1.94. The van der Waals surface area contributed by atoms with Crippen molar-refractivity contribution in [3.8, 4) is 11.4 Å². The van der Waals surface area contributed by atoms with Crippen molar-refractivity contribution in [2.75, 3.05) is 0 Å². The molecule has 4 nitrogen and oxygen atoms in total. The molecule has 0 radical (unpaired) electrons. The summed E-state index contributed by atoms with van der Waals surface area (Å²) in [5.74, 6) is 0. The molecule has 0 saturated carbocycles. The quantitative estimate of drug-likeness (QED) is 0.572. The normalized spacial score (nSPS) is 10.4. The highest BCUT2D eigenvalue weighted by Gasteiger charge is 2.07. The van der Waals surface area contributed by atoms with Crippen LogP contribution < -0.4 is 5.43 Å². The van der Waals surface area contributed by atoms with Gasteiger partial charge in [-0.1, -0.05) is 6.07 Å². The van der Waals surface area contributed by atoms with Crippen LogP contribution in [-0.4, -0.2) is 10.3 Å². The Labute approximate surface area is 55.8 Å². The summed E-state index contributed by atoms with van der Waals surface area (Å²) in [6.07, 6.45) is 0. The summed E-state index contributed by atoms with van der Waals surface area (Å²) >= 11 is 0. The van der Waals surface area contributed by atoms with Gasteiger partial charge in [0.2, 0.25) is 5.43 Å². The fraction of sp³-hybridized carbons (Fsp3) is 0. The third-order valence-corrected chi connectivity index (χ3v) is 1.29. The van der Waals surface area contributed by atoms with Gasteiger partial charge < -0.3 is 0 Å². The molecule has 1 N–H and O–H groups in total. The molecule has 50 valence electrons. The zero-order valence-electron chi connectivity index (χ0n) is 5.00. The minimum Gasteiger partial charge on any atom is -0.287 e. The van der Waals surface area contributed by atoms with E-state index in [9.17, 15) is 4.79 Å². The number of nitrogens with one attached hydrogen (secondary N) is 1. The van der Waals surface area contributed by atoms with E-state index in [2.05, 4.69) is 14.9 Å². The molecular formula is C6H4N2O2. The topological polar surface area (TPSA) is 58.9 Å². The molecule has 0 atom stereocenters. The van der Waals surface area contributed by atoms with E-state index in [-0.39, 0.29) is 5.43 Å². The van der Waals surface area contributed by atoms with Crippen molar-refractivity contribution in [3.05, 3.63) is 28.4 Å². The molecule has 1 aliphatic carbocycles. The molecular weight excluding hydrogens is 132 g/mol. The average Bonchev–Trinajstić information content (AvgIpc) is 2.36. The summed E-state index contributed by atoms with van der Waals surface area (Å²) in [5, 5.41) is 5.95. The SMILES string of the molecule is O=c1cccc2[nH]onc1-2. The number of fused-ring (bicyclic) bond motifs is 1. The van der Waals surface area contributed by atoms with Crippen LogP contribution in [0.3, 0.4) is 0 Å². The highest BCUT2D eigenvalue weighted by Crippen LogP contribution is 2.08. The summed E-state index contributed by atoms with van der Waals surface area (Å²) in [6, 6.07) is 4.82. The molecule has 1 heterocycles. The standard InChI is InChI=1S/C6H4N2O2/c9-5-3-1-2-4-6(5)8-10-7-4/h1-3,7H. The molecule has 0 aromatic heterocycles. The summed E-state index contributed by atoms with van der Waals surface area (Å²) < 4.78 is 4.47. The fourth-order valence-corrected chi connectivity index (χ4v) is 0.816. The molecule has 0 bridgehead atoms. The van der Waals surface area contributed by atoms with Crippen molar-refractivity contribution >= 4 is 0 Å². The van der Waals surface area contributed by atoms with Gasteiger partial charge in [-0.05, 0) is 17.3 Å². The molecule has 0 unspecified atom stereocenters. The average molecular weight is 136 g/mol. The minimum atomic E-state index is -0.123. The summed E-state index contributed by atoms with van der Waals surface area (Å²) in [5.41, 5.74) is 0.859. The number of rotatable bonds is 0. The van der Waals surface area contributed by atoms with Crippen LogP contribution in [0.2, 0.25) is 0 Å². The van der Waals surface area contributed by atoms with Crippen molar-refractivity contribution < 1.29 is 4.63 Å². The van der Waals surface area contributed by atoms with Gasteiger partial charge in [0.1, 0.15) is 5.69 Å². The molecule has 4 heteroatoms. The van der Waals surface area contributed by atoms with E-state index in [0.717, 1.165) is 0 Å². The second-order valence-corrected chi connectivity index (χ2v) is 1.94. The van der Waals surface area contributed by atoms with E-state index in [4.69, 9.17) is 0 Å². The van der Waals surface area contributed by atoms with E-state index in [1.165, 1.54) is 6.07 Å². The molecule has 2 rings (SSSR count). The lowest BCUT2D eigenvalue weighted by molar-refractivity contribution is 0.313. The van der Waals surface area contributed by atoms with E-state index < -0.39 is 0 Å². The molecule has 1 aliphatic heterocycles. The monoisotopic (exact) mass is 136 g/mol. The van der Waals surface area contributed by atoms with Gasteiger partial charge in [0.15, 0.2) is 5.69 Å². The van der Waals surface area contributed by atoms with E-state index in [1.807, 2.05) is 0 Å². The maximum absolute atomic E-state index is 10.9. The molecule has 0 aromatic rings. The lowest BCUT2D eigenvalue weighted by Gasteiger charge is -1.85. The zero-order valence-corrected chi connectivity index (χ0v) is 5.00. The van der Waals surface area contributed by atoms with Crippen LogP contribution in [0.1, 0.15) is 0 Å². The van der Waals surface area contributed by atoms with E-state index in [1.54, 1.807) is 12.1 Å². The van der Waals surface area contributed by atoms with Gasteiger partial charge in [-0.2, -0.15) is 5.16 Å². The van der Waals surface area contributed by atoms with Crippen molar-refractivity contribution in [2.45, 2.75) is 0 Å². The Bertz CT molecular complexity index is 362. The van der Waals surface area contributed by atoms with Crippen LogP contribution in [-0.2, 0) is 0 Å². The number of aromatic amines is 1. The first-order valence-electron chi connectivity index (χ1n) is 2.81. The van der Waals surface area contributed by atoms with Crippen LogP contribution >= 0.6 is 0 Å². The largest absolute Gasteiger partial charge is 0.287 e. The van der Waals surface area contributed by atoms with Crippen LogP contribution in [0.15, 0.2) is 27.6 Å². The molecule has 10 heavy (non-hydrogen) atoms. The number of H-pyrrole nitrogens is 1. The van der Waals surface area contributed by atoms with Crippen LogP contribution in [0.4, 0.5) is 0 Å². The van der Waals surface area contributed by atoms with E-state index in [0.29, 0.717) is 11.4 Å². The number of aromatic nitrogens is 2. The van der Waals surface area contributed by atoms with Crippen LogP contribution in [0, 0.1) is 0 Å². The Morgan fingerprint density at radius 2 is 2.40 bits per heavy atom. The first-order chi connectivity index (χ1) is 4.88. The van der Waals surface area contributed by atoms with Crippen molar-refractivity contribution in [3.63, 3.8) is 0 Å². The number of benzene rings is 1. The molecule has 0 saturated heterocycles. The summed E-state index contributed by atoms with van der Waals surface area (Å²) in [6.45, 7) is 0. The van der Waals surface area contributed by atoms with Gasteiger partial charge in [-0.3, -0.25) is 9.42 Å². The molecule has 0 fully saturated rings. The summed E-state index contributed by atoms with van der Waals surface area (Å²) in [7, 11) is 0. The van der Waals surface area contributed by atoms with E-state index >= 15 is 0 Å². The zero-order chi connectivity index (χ0) is 6.97. The number of hydrogen-bond donors (Lipinski definition) is 1. The first kappa shape index (κ1) is 5.22. The van der Waals surface area contributed by atoms with Crippen molar-refractivity contribution in [2.24, 2.45) is 0 Å². The lowest BCUT2D eigenvalue weighted by atomic mass is 10.2. The molecule has 0 spiro atoms. The minimum absolute atomic E-state index is 0.123. The van der Waals surface area contributed by atoms with Crippen LogP contribution in [0.25, 0.3) is 11.4 Å². The maximum Gasteiger partial charge on any atom is 0.209 e. The highest BCUT2D eigenvalue weighted by atomic mass is 16.6. The van der Waals surface area contributed by atoms with Gasteiger partial charge in [-0.15, -0.1) is 0 Å². The Hall–Kier alpha value is -1.58. The first-order valence-corrected chi connectivity index (χ1v) is 2.81. The Morgan fingerprint density at radius 1 is 1.50 bits per heavy atom. The molecule has 0 amide bonds. The third-order valence-electron chi connectivity index (χ3n) is 1.29. The molecule has 0 aromatic carbocycles. The third kappa shape index (κ3) is 0.556. The predicted octanol–water partition coefficient (Wildman–Crippen LogP) is 0.468. The van der Waals surface area contributed by atoms with Gasteiger partial charge in [0.25, 0.3) is 0 Å². The van der Waals surface area contributed by atoms with Crippen molar-refractivity contribution in [1.29, 1.82) is 0 Å². The maximum atomic E-state index is 10.9. The van der Waals surface area contributed by atoms with Gasteiger partial charge in [0, 0.05) is 0 Å². The summed E-state index contributed by atoms with van der Waals surface area (Å²) in [4.78, 5) is 10.9. The Balaban J connectivity index is 2.93. The van der Waals surface area contributed by atoms with Crippen molar-refractivity contribution in [1.82, 2.24) is 10.3 Å².